The molecule has 0 amide bonds. The Morgan fingerprint density at radius 1 is 0.960 bits per heavy atom. The van der Waals surface area contributed by atoms with Gasteiger partial charge < -0.3 is 9.84 Å². The van der Waals surface area contributed by atoms with Crippen molar-refractivity contribution in [1.82, 2.24) is 0 Å². The molecule has 0 heterocycles. The average Bonchev–Trinajstić information content (AvgIpc) is 2.59. The fraction of sp³-hybridized carbons (Fsp3) is 0.300. The Hall–Kier alpha value is -2.14. The summed E-state index contributed by atoms with van der Waals surface area (Å²) in [5, 5.41) is 9.23. The molecule has 0 saturated carbocycles. The van der Waals surface area contributed by atoms with E-state index < -0.39 is 0 Å². The van der Waals surface area contributed by atoms with Crippen molar-refractivity contribution in [2.45, 2.75) is 32.1 Å². The molecular weight excluding hydrogens is 384 g/mol. The molecule has 0 aromatic heterocycles. The molecule has 0 atom stereocenters. The Morgan fingerprint density at radius 2 is 1.56 bits per heavy atom. The van der Waals surface area contributed by atoms with Gasteiger partial charge in [0.15, 0.2) is 0 Å². The number of ketones is 2. The summed E-state index contributed by atoms with van der Waals surface area (Å²) in [5.41, 5.74) is 1.97. The van der Waals surface area contributed by atoms with Gasteiger partial charge in [0.05, 0.1) is 13.5 Å². The molecule has 0 aliphatic carbocycles. The topological polar surface area (TPSA) is 63.6 Å². The van der Waals surface area contributed by atoms with Crippen molar-refractivity contribution in [3.63, 3.8) is 0 Å². The van der Waals surface area contributed by atoms with Crippen molar-refractivity contribution in [3.05, 3.63) is 58.1 Å². The van der Waals surface area contributed by atoms with Crippen LogP contribution in [0.4, 0.5) is 0 Å². The number of methoxy groups -OCH3 is 1. The lowest BCUT2D eigenvalue weighted by atomic mass is 10.0. The number of carbonyl (C=O) groups is 2. The third-order valence-corrected chi connectivity index (χ3v) is 4.34. The smallest absolute Gasteiger partial charge is 0.140 e. The number of phenolic OH excluding ortho intramolecular Hbond substituents is 1. The Kier molecular flexibility index (Phi) is 7.19. The molecule has 0 bridgehead atoms. The van der Waals surface area contributed by atoms with E-state index in [2.05, 4.69) is 15.9 Å². The van der Waals surface area contributed by atoms with Crippen molar-refractivity contribution in [2.75, 3.05) is 7.11 Å². The quantitative estimate of drug-likeness (QED) is 0.634. The van der Waals surface area contributed by atoms with E-state index in [1.807, 2.05) is 18.2 Å². The van der Waals surface area contributed by atoms with E-state index in [1.165, 1.54) is 0 Å². The van der Waals surface area contributed by atoms with Crippen LogP contribution < -0.4 is 4.74 Å². The molecule has 4 nitrogen and oxygen atoms in total. The van der Waals surface area contributed by atoms with Gasteiger partial charge >= 0.3 is 0 Å². The highest BCUT2D eigenvalue weighted by Gasteiger charge is 2.11. The van der Waals surface area contributed by atoms with Gasteiger partial charge in [-0.05, 0) is 54.3 Å². The SMILES string of the molecule is COc1cc(Br)cc(CCC(=O)CC(=O)CCc2ccc(O)cc2)c1. The minimum atomic E-state index is -0.0510. The fourth-order valence-electron chi connectivity index (χ4n) is 2.51. The van der Waals surface area contributed by atoms with Crippen LogP contribution in [0.2, 0.25) is 0 Å². The van der Waals surface area contributed by atoms with Gasteiger partial charge in [-0.25, -0.2) is 0 Å². The maximum atomic E-state index is 12.0. The second kappa shape index (κ2) is 9.37. The first-order valence-corrected chi connectivity index (χ1v) is 8.90. The number of benzene rings is 2. The molecule has 0 fully saturated rings. The van der Waals surface area contributed by atoms with E-state index in [1.54, 1.807) is 31.4 Å². The Bertz CT molecular complexity index is 738. The Morgan fingerprint density at radius 3 is 2.16 bits per heavy atom. The van der Waals surface area contributed by atoms with Crippen LogP contribution in [0.15, 0.2) is 46.9 Å². The standard InChI is InChI=1S/C20H21BrO4/c1-25-20-11-15(10-16(21)12-20)5-9-19(24)13-18(23)8-4-14-2-6-17(22)7-3-14/h2-3,6-7,10-12,22H,4-5,8-9,13H2,1H3. The van der Waals surface area contributed by atoms with Crippen LogP contribution in [0.5, 0.6) is 11.5 Å². The first-order valence-electron chi connectivity index (χ1n) is 8.11. The van der Waals surface area contributed by atoms with Crippen molar-refractivity contribution >= 4 is 27.5 Å². The van der Waals surface area contributed by atoms with E-state index >= 15 is 0 Å². The zero-order valence-corrected chi connectivity index (χ0v) is 15.7. The lowest BCUT2D eigenvalue weighted by molar-refractivity contribution is -0.126. The molecule has 0 unspecified atom stereocenters. The van der Waals surface area contributed by atoms with Gasteiger partial charge in [0.25, 0.3) is 0 Å². The molecule has 0 radical (unpaired) electrons. The fourth-order valence-corrected chi connectivity index (χ4v) is 3.03. The highest BCUT2D eigenvalue weighted by Crippen LogP contribution is 2.22. The highest BCUT2D eigenvalue weighted by atomic mass is 79.9. The normalized spacial score (nSPS) is 10.5. The zero-order chi connectivity index (χ0) is 18.2. The van der Waals surface area contributed by atoms with Crippen LogP contribution >= 0.6 is 15.9 Å². The molecule has 0 aliphatic heterocycles. The monoisotopic (exact) mass is 404 g/mol. The average molecular weight is 405 g/mol. The number of Topliss-reactive ketones (excluding diaryl/α,β-unsaturated/α-hetero) is 2. The number of hydrogen-bond acceptors (Lipinski definition) is 4. The van der Waals surface area contributed by atoms with Crippen LogP contribution in [-0.2, 0) is 22.4 Å². The van der Waals surface area contributed by atoms with Crippen molar-refractivity contribution < 1.29 is 19.4 Å². The van der Waals surface area contributed by atoms with Gasteiger partial charge in [-0.1, -0.05) is 28.1 Å². The third kappa shape index (κ3) is 6.70. The summed E-state index contributed by atoms with van der Waals surface area (Å²) in [6.07, 6.45) is 1.81. The van der Waals surface area contributed by atoms with Gasteiger partial charge in [0.2, 0.25) is 0 Å². The van der Waals surface area contributed by atoms with Gasteiger partial charge in [-0.15, -0.1) is 0 Å². The Balaban J connectivity index is 1.76. The number of aromatic hydroxyl groups is 1. The maximum absolute atomic E-state index is 12.0. The van der Waals surface area contributed by atoms with Crippen LogP contribution in [-0.4, -0.2) is 23.8 Å². The van der Waals surface area contributed by atoms with Crippen LogP contribution in [0, 0.1) is 0 Å². The van der Waals surface area contributed by atoms with Gasteiger partial charge in [0, 0.05) is 17.3 Å². The number of halogens is 1. The second-order valence-electron chi connectivity index (χ2n) is 5.92. The van der Waals surface area contributed by atoms with E-state index in [4.69, 9.17) is 4.74 Å². The van der Waals surface area contributed by atoms with E-state index in [9.17, 15) is 14.7 Å². The molecule has 1 N–H and O–H groups in total. The number of ether oxygens (including phenoxy) is 1. The van der Waals surface area contributed by atoms with Crippen molar-refractivity contribution in [1.29, 1.82) is 0 Å². The molecule has 2 aromatic carbocycles. The van der Waals surface area contributed by atoms with E-state index in [0.29, 0.717) is 25.7 Å². The largest absolute Gasteiger partial charge is 0.508 e. The molecule has 132 valence electrons. The third-order valence-electron chi connectivity index (χ3n) is 3.88. The molecule has 25 heavy (non-hydrogen) atoms. The predicted octanol–water partition coefficient (Wildman–Crippen LogP) is 4.26. The molecule has 0 spiro atoms. The lowest BCUT2D eigenvalue weighted by Gasteiger charge is -2.06. The minimum absolute atomic E-state index is 0.0246. The first kappa shape index (κ1) is 19.2. The minimum Gasteiger partial charge on any atom is -0.508 e. The molecule has 0 aliphatic rings. The number of carbonyl (C=O) groups excluding carboxylic acids is 2. The molecule has 5 heteroatoms. The van der Waals surface area contributed by atoms with Gasteiger partial charge in [0.1, 0.15) is 23.1 Å². The van der Waals surface area contributed by atoms with E-state index in [0.717, 1.165) is 21.3 Å². The number of hydrogen-bond donors (Lipinski definition) is 1. The van der Waals surface area contributed by atoms with Crippen LogP contribution in [0.1, 0.15) is 30.4 Å². The Labute approximate surface area is 156 Å². The van der Waals surface area contributed by atoms with E-state index in [-0.39, 0.29) is 23.7 Å². The summed E-state index contributed by atoms with van der Waals surface area (Å²) < 4.78 is 6.11. The summed E-state index contributed by atoms with van der Waals surface area (Å²) in [5.74, 6) is 0.843. The summed E-state index contributed by atoms with van der Waals surface area (Å²) in [6.45, 7) is 0. The molecule has 2 aromatic rings. The summed E-state index contributed by atoms with van der Waals surface area (Å²) in [7, 11) is 1.60. The predicted molar refractivity (Wildman–Crippen MR) is 100 cm³/mol. The summed E-state index contributed by atoms with van der Waals surface area (Å²) in [4.78, 5) is 24.0. The number of aryl methyl sites for hydroxylation is 2. The lowest BCUT2D eigenvalue weighted by Crippen LogP contribution is -2.09. The molecule has 0 saturated heterocycles. The van der Waals surface area contributed by atoms with Gasteiger partial charge in [-0.2, -0.15) is 0 Å². The first-order chi connectivity index (χ1) is 12.0. The summed E-state index contributed by atoms with van der Waals surface area (Å²) in [6, 6.07) is 12.5. The number of phenols is 1. The molecule has 2 rings (SSSR count). The maximum Gasteiger partial charge on any atom is 0.140 e. The zero-order valence-electron chi connectivity index (χ0n) is 14.1. The van der Waals surface area contributed by atoms with Crippen molar-refractivity contribution in [3.8, 4) is 11.5 Å². The van der Waals surface area contributed by atoms with Crippen molar-refractivity contribution in [2.24, 2.45) is 0 Å². The summed E-state index contributed by atoms with van der Waals surface area (Å²) >= 11 is 3.41. The van der Waals surface area contributed by atoms with Crippen LogP contribution in [0.25, 0.3) is 0 Å². The van der Waals surface area contributed by atoms with Crippen LogP contribution in [0.3, 0.4) is 0 Å². The number of rotatable bonds is 9. The second-order valence-corrected chi connectivity index (χ2v) is 6.84. The highest BCUT2D eigenvalue weighted by molar-refractivity contribution is 9.10. The molecular formula is C20H21BrO4. The van der Waals surface area contributed by atoms with Gasteiger partial charge in [-0.3, -0.25) is 9.59 Å².